The van der Waals surface area contributed by atoms with Gasteiger partial charge in [0.2, 0.25) is 0 Å². The fraction of sp³-hybridized carbons (Fsp3) is 0.156. The van der Waals surface area contributed by atoms with E-state index in [4.69, 9.17) is 4.74 Å². The smallest absolute Gasteiger partial charge is 0.257 e. The Morgan fingerprint density at radius 3 is 2.08 bits per heavy atom. The summed E-state index contributed by atoms with van der Waals surface area (Å²) in [4.78, 5) is 39.4. The van der Waals surface area contributed by atoms with E-state index in [1.807, 2.05) is 19.1 Å². The van der Waals surface area contributed by atoms with Crippen LogP contribution in [0.1, 0.15) is 62.0 Å². The summed E-state index contributed by atoms with van der Waals surface area (Å²) in [5, 5.41) is 5.69. The predicted molar refractivity (Wildman–Crippen MR) is 150 cm³/mol. The molecule has 4 aromatic rings. The zero-order valence-corrected chi connectivity index (χ0v) is 21.5. The Balaban J connectivity index is 1.52. The van der Waals surface area contributed by atoms with Gasteiger partial charge >= 0.3 is 0 Å². The molecule has 4 rings (SSSR count). The van der Waals surface area contributed by atoms with Gasteiger partial charge in [-0.2, -0.15) is 0 Å². The number of aryl methyl sites for hydroxylation is 1. The molecule has 0 bridgehead atoms. The molecule has 0 aliphatic rings. The third kappa shape index (κ3) is 6.53. The van der Waals surface area contributed by atoms with Crippen molar-refractivity contribution < 1.29 is 19.1 Å². The Labute approximate surface area is 222 Å². The van der Waals surface area contributed by atoms with Gasteiger partial charge < -0.3 is 15.4 Å². The number of nitrogens with one attached hydrogen (secondary N) is 2. The first kappa shape index (κ1) is 26.4. The average molecular weight is 507 g/mol. The number of benzene rings is 4. The Hall–Kier alpha value is -4.71. The van der Waals surface area contributed by atoms with Crippen molar-refractivity contribution in [2.45, 2.75) is 26.7 Å². The predicted octanol–water partition coefficient (Wildman–Crippen LogP) is 6.91. The number of hydrogen-bond donors (Lipinski definition) is 2. The van der Waals surface area contributed by atoms with Crippen LogP contribution in [-0.2, 0) is 0 Å². The van der Waals surface area contributed by atoms with Crippen molar-refractivity contribution >= 4 is 29.0 Å². The molecule has 0 saturated carbocycles. The van der Waals surface area contributed by atoms with Crippen LogP contribution < -0.4 is 15.4 Å². The van der Waals surface area contributed by atoms with Gasteiger partial charge in [0.15, 0.2) is 5.78 Å². The molecule has 2 amide bonds. The number of para-hydroxylation sites is 1. The minimum absolute atomic E-state index is 0.187. The SMILES string of the molecule is CCCCOc1ccc(C(=O)Nc2ccccc2C(=O)Nc2ccc(C)cc2C(=O)c2ccccc2)cc1. The second-order valence-electron chi connectivity index (χ2n) is 8.92. The van der Waals surface area contributed by atoms with Crippen molar-refractivity contribution in [2.75, 3.05) is 17.2 Å². The van der Waals surface area contributed by atoms with Gasteiger partial charge in [-0.25, -0.2) is 0 Å². The van der Waals surface area contributed by atoms with Crippen molar-refractivity contribution in [1.82, 2.24) is 0 Å². The molecule has 0 aliphatic carbocycles. The van der Waals surface area contributed by atoms with E-state index < -0.39 is 5.91 Å². The maximum atomic E-state index is 13.3. The minimum atomic E-state index is -0.438. The summed E-state index contributed by atoms with van der Waals surface area (Å²) in [6.07, 6.45) is 2.01. The van der Waals surface area contributed by atoms with E-state index >= 15 is 0 Å². The molecular formula is C32H30N2O4. The summed E-state index contributed by atoms with van der Waals surface area (Å²) in [6.45, 7) is 4.62. The van der Waals surface area contributed by atoms with Crippen molar-refractivity contribution in [1.29, 1.82) is 0 Å². The highest BCUT2D eigenvalue weighted by molar-refractivity contribution is 6.17. The summed E-state index contributed by atoms with van der Waals surface area (Å²) < 4.78 is 5.66. The van der Waals surface area contributed by atoms with Gasteiger partial charge in [-0.15, -0.1) is 0 Å². The van der Waals surface area contributed by atoms with E-state index in [2.05, 4.69) is 17.6 Å². The lowest BCUT2D eigenvalue weighted by Gasteiger charge is -2.14. The maximum Gasteiger partial charge on any atom is 0.257 e. The Bertz CT molecular complexity index is 1430. The van der Waals surface area contributed by atoms with Crippen LogP contribution in [0.25, 0.3) is 0 Å². The van der Waals surface area contributed by atoms with E-state index in [1.165, 1.54) is 0 Å². The highest BCUT2D eigenvalue weighted by Gasteiger charge is 2.19. The number of hydrogen-bond acceptors (Lipinski definition) is 4. The van der Waals surface area contributed by atoms with Crippen molar-refractivity contribution in [3.05, 3.63) is 125 Å². The van der Waals surface area contributed by atoms with E-state index in [0.29, 0.717) is 40.4 Å². The number of ketones is 1. The molecule has 0 fully saturated rings. The number of unbranched alkanes of at least 4 members (excludes halogenated alkanes) is 1. The highest BCUT2D eigenvalue weighted by Crippen LogP contribution is 2.24. The summed E-state index contributed by atoms with van der Waals surface area (Å²) >= 11 is 0. The fourth-order valence-corrected chi connectivity index (χ4v) is 3.91. The summed E-state index contributed by atoms with van der Waals surface area (Å²) in [5.74, 6) is -0.269. The number of carbonyl (C=O) groups is 3. The van der Waals surface area contributed by atoms with Gasteiger partial charge in [0, 0.05) is 16.7 Å². The quantitative estimate of drug-likeness (QED) is 0.181. The second kappa shape index (κ2) is 12.5. The molecule has 0 heterocycles. The normalized spacial score (nSPS) is 10.5. The van der Waals surface area contributed by atoms with E-state index in [-0.39, 0.29) is 17.3 Å². The van der Waals surface area contributed by atoms with Gasteiger partial charge in [0.25, 0.3) is 11.8 Å². The number of anilines is 2. The van der Waals surface area contributed by atoms with Crippen LogP contribution in [0, 0.1) is 6.92 Å². The Kier molecular flexibility index (Phi) is 8.67. The summed E-state index contributed by atoms with van der Waals surface area (Å²) in [7, 11) is 0. The largest absolute Gasteiger partial charge is 0.494 e. The molecule has 6 nitrogen and oxygen atoms in total. The van der Waals surface area contributed by atoms with Crippen molar-refractivity contribution in [3.8, 4) is 5.75 Å². The molecule has 2 N–H and O–H groups in total. The van der Waals surface area contributed by atoms with Gasteiger partial charge in [-0.3, -0.25) is 14.4 Å². The summed E-state index contributed by atoms with van der Waals surface area (Å²) in [6, 6.07) is 27.9. The third-order valence-corrected chi connectivity index (χ3v) is 6.01. The van der Waals surface area contributed by atoms with Crippen LogP contribution in [0.15, 0.2) is 97.1 Å². The standard InChI is InChI=1S/C32H30N2O4/c1-3-4-20-38-25-17-15-24(16-18-25)31(36)33-28-13-9-8-12-26(28)32(37)34-29-19-14-22(2)21-27(29)30(35)23-10-6-5-7-11-23/h5-19,21H,3-4,20H2,1-2H3,(H,33,36)(H,34,37). The number of ether oxygens (including phenoxy) is 1. The molecule has 0 aliphatic heterocycles. The molecule has 6 heteroatoms. The van der Waals surface area contributed by atoms with Gasteiger partial charge in [-0.05, 0) is 61.9 Å². The first-order valence-corrected chi connectivity index (χ1v) is 12.6. The molecule has 0 unspecified atom stereocenters. The molecule has 4 aromatic carbocycles. The van der Waals surface area contributed by atoms with Crippen molar-refractivity contribution in [2.24, 2.45) is 0 Å². The Morgan fingerprint density at radius 1 is 0.684 bits per heavy atom. The maximum absolute atomic E-state index is 13.3. The lowest BCUT2D eigenvalue weighted by atomic mass is 9.99. The molecular weight excluding hydrogens is 476 g/mol. The summed E-state index contributed by atoms with van der Waals surface area (Å²) in [5.41, 5.74) is 3.30. The zero-order chi connectivity index (χ0) is 26.9. The fourth-order valence-electron chi connectivity index (χ4n) is 3.91. The van der Waals surface area contributed by atoms with E-state index in [9.17, 15) is 14.4 Å². The van der Waals surface area contributed by atoms with Gasteiger partial charge in [-0.1, -0.05) is 67.4 Å². The van der Waals surface area contributed by atoms with Crippen LogP contribution >= 0.6 is 0 Å². The third-order valence-electron chi connectivity index (χ3n) is 6.01. The first-order valence-electron chi connectivity index (χ1n) is 12.6. The van der Waals surface area contributed by atoms with E-state index in [0.717, 1.165) is 18.4 Å². The van der Waals surface area contributed by atoms with Crippen LogP contribution in [0.3, 0.4) is 0 Å². The zero-order valence-electron chi connectivity index (χ0n) is 21.5. The van der Waals surface area contributed by atoms with Crippen LogP contribution in [0.2, 0.25) is 0 Å². The van der Waals surface area contributed by atoms with Crippen LogP contribution in [0.5, 0.6) is 5.75 Å². The lowest BCUT2D eigenvalue weighted by molar-refractivity contribution is 0.102. The van der Waals surface area contributed by atoms with Gasteiger partial charge in [0.1, 0.15) is 5.75 Å². The average Bonchev–Trinajstić information content (AvgIpc) is 2.95. The number of rotatable bonds is 10. The van der Waals surface area contributed by atoms with Crippen LogP contribution in [0.4, 0.5) is 11.4 Å². The number of carbonyl (C=O) groups excluding carboxylic acids is 3. The molecule has 0 spiro atoms. The second-order valence-corrected chi connectivity index (χ2v) is 8.92. The lowest BCUT2D eigenvalue weighted by Crippen LogP contribution is -2.19. The first-order chi connectivity index (χ1) is 18.5. The molecule has 0 aromatic heterocycles. The number of amides is 2. The molecule has 0 saturated heterocycles. The molecule has 38 heavy (non-hydrogen) atoms. The van der Waals surface area contributed by atoms with E-state index in [1.54, 1.807) is 84.9 Å². The van der Waals surface area contributed by atoms with Gasteiger partial charge in [0.05, 0.1) is 23.5 Å². The monoisotopic (exact) mass is 506 g/mol. The molecule has 192 valence electrons. The van der Waals surface area contributed by atoms with Crippen molar-refractivity contribution in [3.63, 3.8) is 0 Å². The topological polar surface area (TPSA) is 84.5 Å². The molecule has 0 atom stereocenters. The Morgan fingerprint density at radius 2 is 1.34 bits per heavy atom. The molecule has 0 radical (unpaired) electrons. The minimum Gasteiger partial charge on any atom is -0.494 e. The highest BCUT2D eigenvalue weighted by atomic mass is 16.5. The van der Waals surface area contributed by atoms with Crippen LogP contribution in [-0.4, -0.2) is 24.2 Å².